The molecule has 0 radical (unpaired) electrons. The molecule has 1 aliphatic carbocycles. The molecule has 1 atom stereocenters. The molecule has 1 heterocycles. The van der Waals surface area contributed by atoms with Crippen molar-refractivity contribution >= 4 is 5.91 Å². The van der Waals surface area contributed by atoms with Crippen LogP contribution in [0.2, 0.25) is 0 Å². The fraction of sp³-hybridized carbons (Fsp3) is 0.450. The molecule has 4 nitrogen and oxygen atoms in total. The minimum Gasteiger partial charge on any atom is -0.481 e. The van der Waals surface area contributed by atoms with E-state index in [0.717, 1.165) is 37.2 Å². The van der Waals surface area contributed by atoms with E-state index in [1.807, 2.05) is 18.2 Å². The van der Waals surface area contributed by atoms with E-state index in [1.54, 1.807) is 13.2 Å². The molecule has 1 aromatic heterocycles. The highest BCUT2D eigenvalue weighted by Gasteiger charge is 2.16. The zero-order chi connectivity index (χ0) is 16.8. The van der Waals surface area contributed by atoms with E-state index in [9.17, 15) is 4.79 Å². The molecule has 4 heteroatoms. The number of fused-ring (bicyclic) bond motifs is 1. The van der Waals surface area contributed by atoms with Gasteiger partial charge in [-0.2, -0.15) is 0 Å². The van der Waals surface area contributed by atoms with Gasteiger partial charge in [0.15, 0.2) is 6.10 Å². The maximum Gasteiger partial charge on any atom is 0.260 e. The van der Waals surface area contributed by atoms with E-state index in [-0.39, 0.29) is 5.91 Å². The zero-order valence-electron chi connectivity index (χ0n) is 14.2. The molecule has 1 amide bonds. The van der Waals surface area contributed by atoms with Crippen molar-refractivity contribution in [1.29, 1.82) is 0 Å². The van der Waals surface area contributed by atoms with Crippen molar-refractivity contribution in [2.24, 2.45) is 0 Å². The molecule has 24 heavy (non-hydrogen) atoms. The molecule has 1 aliphatic rings. The van der Waals surface area contributed by atoms with Crippen molar-refractivity contribution in [3.8, 4) is 5.75 Å². The fourth-order valence-electron chi connectivity index (χ4n) is 3.11. The van der Waals surface area contributed by atoms with E-state index in [0.29, 0.717) is 6.54 Å². The number of ether oxygens (including phenoxy) is 1. The average Bonchev–Trinajstić information content (AvgIpc) is 3.12. The van der Waals surface area contributed by atoms with Gasteiger partial charge in [-0.1, -0.05) is 6.07 Å². The Labute approximate surface area is 143 Å². The number of benzene rings is 1. The Kier molecular flexibility index (Phi) is 5.57. The minimum atomic E-state index is -0.491. The number of hydrogen-bond donors (Lipinski definition) is 1. The summed E-state index contributed by atoms with van der Waals surface area (Å²) in [7, 11) is 0. The monoisotopic (exact) mass is 327 g/mol. The molecule has 1 aromatic carbocycles. The van der Waals surface area contributed by atoms with E-state index >= 15 is 0 Å². The second-order valence-corrected chi connectivity index (χ2v) is 6.37. The van der Waals surface area contributed by atoms with E-state index in [4.69, 9.17) is 9.15 Å². The highest BCUT2D eigenvalue weighted by molar-refractivity contribution is 5.80. The number of amides is 1. The largest absolute Gasteiger partial charge is 0.481 e. The third-order valence-corrected chi connectivity index (χ3v) is 4.48. The lowest BCUT2D eigenvalue weighted by atomic mass is 9.92. The number of aryl methyl sites for hydroxylation is 3. The van der Waals surface area contributed by atoms with Gasteiger partial charge in [0.2, 0.25) is 0 Å². The van der Waals surface area contributed by atoms with E-state index < -0.39 is 6.10 Å². The zero-order valence-corrected chi connectivity index (χ0v) is 14.2. The van der Waals surface area contributed by atoms with Crippen molar-refractivity contribution in [2.45, 2.75) is 51.6 Å². The van der Waals surface area contributed by atoms with Gasteiger partial charge in [-0.3, -0.25) is 4.79 Å². The lowest BCUT2D eigenvalue weighted by molar-refractivity contribution is -0.127. The topological polar surface area (TPSA) is 51.5 Å². The third kappa shape index (κ3) is 4.40. The predicted molar refractivity (Wildman–Crippen MR) is 93.2 cm³/mol. The van der Waals surface area contributed by atoms with Gasteiger partial charge in [0.25, 0.3) is 5.91 Å². The fourth-order valence-corrected chi connectivity index (χ4v) is 3.11. The summed E-state index contributed by atoms with van der Waals surface area (Å²) in [6.07, 6.45) is 7.63. The lowest BCUT2D eigenvalue weighted by Crippen LogP contribution is -2.37. The summed E-state index contributed by atoms with van der Waals surface area (Å²) in [5.41, 5.74) is 2.79. The first kappa shape index (κ1) is 16.6. The van der Waals surface area contributed by atoms with Crippen LogP contribution < -0.4 is 10.1 Å². The number of furan rings is 1. The van der Waals surface area contributed by atoms with Crippen LogP contribution in [0.1, 0.15) is 43.1 Å². The summed E-state index contributed by atoms with van der Waals surface area (Å²) in [5, 5.41) is 2.92. The van der Waals surface area contributed by atoms with Gasteiger partial charge in [0.05, 0.1) is 6.26 Å². The van der Waals surface area contributed by atoms with E-state index in [2.05, 4.69) is 17.4 Å². The van der Waals surface area contributed by atoms with Crippen LogP contribution in [0, 0.1) is 0 Å². The Bertz CT molecular complexity index is 664. The Morgan fingerprint density at radius 1 is 1.25 bits per heavy atom. The average molecular weight is 327 g/mol. The Balaban J connectivity index is 1.43. The highest BCUT2D eigenvalue weighted by atomic mass is 16.5. The molecular formula is C20H25NO3. The normalized spacial score (nSPS) is 14.7. The summed E-state index contributed by atoms with van der Waals surface area (Å²) in [6, 6.07) is 10.0. The van der Waals surface area contributed by atoms with Crippen LogP contribution in [0.3, 0.4) is 0 Å². The number of carbonyl (C=O) groups excluding carboxylic acids is 1. The van der Waals surface area contributed by atoms with Gasteiger partial charge >= 0.3 is 0 Å². The quantitative estimate of drug-likeness (QED) is 0.789. The Morgan fingerprint density at radius 2 is 2.08 bits per heavy atom. The van der Waals surface area contributed by atoms with Crippen molar-refractivity contribution in [2.75, 3.05) is 6.54 Å². The first-order valence-corrected chi connectivity index (χ1v) is 8.81. The number of carbonyl (C=O) groups is 1. The molecule has 3 rings (SSSR count). The van der Waals surface area contributed by atoms with Crippen LogP contribution in [-0.2, 0) is 24.1 Å². The van der Waals surface area contributed by atoms with Crippen LogP contribution in [-0.4, -0.2) is 18.6 Å². The molecule has 2 aromatic rings. The maximum absolute atomic E-state index is 12.1. The van der Waals surface area contributed by atoms with E-state index in [1.165, 1.54) is 24.0 Å². The first-order chi connectivity index (χ1) is 11.7. The van der Waals surface area contributed by atoms with Crippen molar-refractivity contribution in [3.63, 3.8) is 0 Å². The van der Waals surface area contributed by atoms with Crippen LogP contribution >= 0.6 is 0 Å². The molecule has 0 fully saturated rings. The lowest BCUT2D eigenvalue weighted by Gasteiger charge is -2.19. The Morgan fingerprint density at radius 3 is 2.88 bits per heavy atom. The van der Waals surface area contributed by atoms with Gasteiger partial charge in [-0.15, -0.1) is 0 Å². The van der Waals surface area contributed by atoms with Gasteiger partial charge in [0, 0.05) is 13.0 Å². The minimum absolute atomic E-state index is 0.0767. The van der Waals surface area contributed by atoms with Gasteiger partial charge < -0.3 is 14.5 Å². The summed E-state index contributed by atoms with van der Waals surface area (Å²) < 4.78 is 11.1. The second-order valence-electron chi connectivity index (χ2n) is 6.37. The van der Waals surface area contributed by atoms with Crippen molar-refractivity contribution < 1.29 is 13.9 Å². The number of hydrogen-bond acceptors (Lipinski definition) is 3. The van der Waals surface area contributed by atoms with Gasteiger partial charge in [-0.05, 0) is 74.4 Å². The summed E-state index contributed by atoms with van der Waals surface area (Å²) in [6.45, 7) is 2.42. The highest BCUT2D eigenvalue weighted by Crippen LogP contribution is 2.25. The van der Waals surface area contributed by atoms with Gasteiger partial charge in [-0.25, -0.2) is 0 Å². The van der Waals surface area contributed by atoms with Crippen molar-refractivity contribution in [1.82, 2.24) is 5.32 Å². The van der Waals surface area contributed by atoms with Gasteiger partial charge in [0.1, 0.15) is 11.5 Å². The molecule has 0 unspecified atom stereocenters. The number of rotatable bonds is 7. The summed E-state index contributed by atoms with van der Waals surface area (Å²) in [4.78, 5) is 12.1. The number of nitrogens with one attached hydrogen (secondary N) is 1. The molecule has 0 saturated carbocycles. The molecular weight excluding hydrogens is 302 g/mol. The molecule has 0 saturated heterocycles. The van der Waals surface area contributed by atoms with Crippen LogP contribution in [0.5, 0.6) is 5.75 Å². The van der Waals surface area contributed by atoms with Crippen LogP contribution in [0.25, 0.3) is 0 Å². The molecule has 128 valence electrons. The summed E-state index contributed by atoms with van der Waals surface area (Å²) >= 11 is 0. The SMILES string of the molecule is C[C@@H](Oc1ccc2c(c1)CCCC2)C(=O)NCCCc1ccco1. The Hall–Kier alpha value is -2.23. The maximum atomic E-state index is 12.1. The second kappa shape index (κ2) is 8.04. The predicted octanol–water partition coefficient (Wildman–Crippen LogP) is 3.67. The van der Waals surface area contributed by atoms with Crippen LogP contribution in [0.4, 0.5) is 0 Å². The third-order valence-electron chi connectivity index (χ3n) is 4.48. The molecule has 0 bridgehead atoms. The molecule has 0 spiro atoms. The smallest absolute Gasteiger partial charge is 0.260 e. The van der Waals surface area contributed by atoms with Crippen LogP contribution in [0.15, 0.2) is 41.0 Å². The first-order valence-electron chi connectivity index (χ1n) is 8.81. The van der Waals surface area contributed by atoms with Crippen molar-refractivity contribution in [3.05, 3.63) is 53.5 Å². The molecule has 0 aliphatic heterocycles. The standard InChI is InChI=1S/C20H25NO3/c1-15(20(22)21-12-4-8-18-9-5-13-23-18)24-19-11-10-16-6-2-3-7-17(16)14-19/h5,9-11,13-15H,2-4,6-8,12H2,1H3,(H,21,22)/t15-/m1/s1. The molecule has 1 N–H and O–H groups in total. The summed E-state index contributed by atoms with van der Waals surface area (Å²) in [5.74, 6) is 1.66.